The van der Waals surface area contributed by atoms with E-state index in [2.05, 4.69) is 15.5 Å². The molecule has 0 atom stereocenters. The third-order valence-electron chi connectivity index (χ3n) is 3.69. The molecule has 0 aliphatic rings. The maximum Gasteiger partial charge on any atom is 0.247 e. The molecule has 0 aliphatic carbocycles. The van der Waals surface area contributed by atoms with Crippen LogP contribution in [0.4, 0.5) is 5.69 Å². The summed E-state index contributed by atoms with van der Waals surface area (Å²) in [5.74, 6) is 2.29. The van der Waals surface area contributed by atoms with Gasteiger partial charge in [-0.15, -0.1) is 10.2 Å². The Morgan fingerprint density at radius 3 is 2.72 bits per heavy atom. The summed E-state index contributed by atoms with van der Waals surface area (Å²) in [5.41, 5.74) is 2.57. The number of hydrogen-bond donors (Lipinski definition) is 1. The van der Waals surface area contributed by atoms with Crippen molar-refractivity contribution in [2.45, 2.75) is 13.5 Å². The first kappa shape index (κ1) is 17.1. The molecular weight excluding hydrogens is 342 g/mol. The van der Waals surface area contributed by atoms with Crippen molar-refractivity contribution in [3.05, 3.63) is 52.9 Å². The van der Waals surface area contributed by atoms with Gasteiger partial charge in [-0.3, -0.25) is 0 Å². The van der Waals surface area contributed by atoms with Crippen LogP contribution in [0.1, 0.15) is 11.5 Å². The Hall–Kier alpha value is -2.73. The molecule has 0 bridgehead atoms. The van der Waals surface area contributed by atoms with Crippen LogP contribution in [0.25, 0.3) is 11.5 Å². The largest absolute Gasteiger partial charge is 0.497 e. The summed E-state index contributed by atoms with van der Waals surface area (Å²) in [7, 11) is 3.21. The SMILES string of the molecule is COc1cccc(-c2nnc(CNc3cc(C)c(Cl)cc3OC)o2)c1. The monoisotopic (exact) mass is 359 g/mol. The molecule has 0 spiro atoms. The van der Waals surface area contributed by atoms with Gasteiger partial charge in [-0.05, 0) is 36.8 Å². The Balaban J connectivity index is 1.75. The average molecular weight is 360 g/mol. The van der Waals surface area contributed by atoms with Gasteiger partial charge in [-0.2, -0.15) is 0 Å². The lowest BCUT2D eigenvalue weighted by Gasteiger charge is -2.11. The van der Waals surface area contributed by atoms with Crippen LogP contribution in [0.5, 0.6) is 11.5 Å². The van der Waals surface area contributed by atoms with E-state index in [0.29, 0.717) is 29.1 Å². The Morgan fingerprint density at radius 2 is 1.96 bits per heavy atom. The molecule has 0 saturated carbocycles. The number of benzene rings is 2. The molecule has 0 unspecified atom stereocenters. The second-order valence-corrected chi connectivity index (χ2v) is 5.80. The zero-order valence-corrected chi connectivity index (χ0v) is 14.9. The van der Waals surface area contributed by atoms with Crippen molar-refractivity contribution in [2.24, 2.45) is 0 Å². The highest BCUT2D eigenvalue weighted by atomic mass is 35.5. The summed E-state index contributed by atoms with van der Waals surface area (Å²) in [6, 6.07) is 11.2. The number of ether oxygens (including phenoxy) is 2. The van der Waals surface area contributed by atoms with Crippen molar-refractivity contribution in [3.63, 3.8) is 0 Å². The van der Waals surface area contributed by atoms with E-state index < -0.39 is 0 Å². The van der Waals surface area contributed by atoms with Gasteiger partial charge in [0.15, 0.2) is 0 Å². The minimum Gasteiger partial charge on any atom is -0.497 e. The van der Waals surface area contributed by atoms with Gasteiger partial charge in [0.2, 0.25) is 11.8 Å². The van der Waals surface area contributed by atoms with E-state index in [1.165, 1.54) is 0 Å². The highest BCUT2D eigenvalue weighted by Gasteiger charge is 2.11. The van der Waals surface area contributed by atoms with Crippen LogP contribution in [0.3, 0.4) is 0 Å². The second kappa shape index (κ2) is 7.44. The van der Waals surface area contributed by atoms with E-state index in [-0.39, 0.29) is 0 Å². The standard InChI is InChI=1S/C18H18ClN3O3/c1-11-7-15(16(24-3)9-14(11)19)20-10-17-21-22-18(25-17)12-5-4-6-13(8-12)23-2/h4-9,20H,10H2,1-3H3. The fourth-order valence-corrected chi connectivity index (χ4v) is 2.49. The number of anilines is 1. The number of methoxy groups -OCH3 is 2. The van der Waals surface area contributed by atoms with E-state index in [0.717, 1.165) is 22.6 Å². The summed E-state index contributed by atoms with van der Waals surface area (Å²) >= 11 is 6.12. The highest BCUT2D eigenvalue weighted by Crippen LogP contribution is 2.31. The van der Waals surface area contributed by atoms with Gasteiger partial charge < -0.3 is 19.2 Å². The third-order valence-corrected chi connectivity index (χ3v) is 4.10. The molecule has 7 heteroatoms. The van der Waals surface area contributed by atoms with E-state index in [9.17, 15) is 0 Å². The number of hydrogen-bond acceptors (Lipinski definition) is 6. The summed E-state index contributed by atoms with van der Waals surface area (Å²) in [6.45, 7) is 2.30. The normalized spacial score (nSPS) is 10.6. The number of nitrogens with one attached hydrogen (secondary N) is 1. The van der Waals surface area contributed by atoms with E-state index in [1.807, 2.05) is 37.3 Å². The lowest BCUT2D eigenvalue weighted by molar-refractivity contribution is 0.414. The van der Waals surface area contributed by atoms with Gasteiger partial charge >= 0.3 is 0 Å². The number of halogens is 1. The molecule has 2 aromatic carbocycles. The summed E-state index contributed by atoms with van der Waals surface area (Å²) in [5, 5.41) is 12.0. The van der Waals surface area contributed by atoms with Crippen molar-refractivity contribution in [2.75, 3.05) is 19.5 Å². The van der Waals surface area contributed by atoms with E-state index in [1.54, 1.807) is 20.3 Å². The highest BCUT2D eigenvalue weighted by molar-refractivity contribution is 6.31. The average Bonchev–Trinajstić information content (AvgIpc) is 3.11. The molecule has 0 saturated heterocycles. The molecule has 3 aromatic rings. The number of aromatic nitrogens is 2. The van der Waals surface area contributed by atoms with Crippen LogP contribution >= 0.6 is 11.6 Å². The molecule has 3 rings (SSSR count). The maximum atomic E-state index is 6.12. The minimum atomic E-state index is 0.369. The third kappa shape index (κ3) is 3.85. The maximum absolute atomic E-state index is 6.12. The van der Waals surface area contributed by atoms with Crippen LogP contribution in [0.15, 0.2) is 40.8 Å². The zero-order valence-electron chi connectivity index (χ0n) is 14.2. The van der Waals surface area contributed by atoms with E-state index in [4.69, 9.17) is 25.5 Å². The first-order chi connectivity index (χ1) is 12.1. The smallest absolute Gasteiger partial charge is 0.247 e. The van der Waals surface area contributed by atoms with Crippen molar-refractivity contribution in [1.29, 1.82) is 0 Å². The van der Waals surface area contributed by atoms with E-state index >= 15 is 0 Å². The molecule has 1 aromatic heterocycles. The Kier molecular flexibility index (Phi) is 5.09. The van der Waals surface area contributed by atoms with Crippen molar-refractivity contribution in [1.82, 2.24) is 10.2 Å². The Labute approximate surface area is 150 Å². The van der Waals surface area contributed by atoms with Crippen molar-refractivity contribution >= 4 is 17.3 Å². The predicted octanol–water partition coefficient (Wildman–Crippen LogP) is 4.33. The second-order valence-electron chi connectivity index (χ2n) is 5.39. The molecule has 0 radical (unpaired) electrons. The van der Waals surface area contributed by atoms with Gasteiger partial charge in [-0.1, -0.05) is 17.7 Å². The van der Waals surface area contributed by atoms with Gasteiger partial charge in [-0.25, -0.2) is 0 Å². The summed E-state index contributed by atoms with van der Waals surface area (Å²) < 4.78 is 16.3. The van der Waals surface area contributed by atoms with Crippen LogP contribution < -0.4 is 14.8 Å². The predicted molar refractivity (Wildman–Crippen MR) is 96.4 cm³/mol. The molecule has 130 valence electrons. The first-order valence-electron chi connectivity index (χ1n) is 7.65. The van der Waals surface area contributed by atoms with Crippen molar-refractivity contribution < 1.29 is 13.9 Å². The summed E-state index contributed by atoms with van der Waals surface area (Å²) in [6.07, 6.45) is 0. The van der Waals surface area contributed by atoms with Crippen LogP contribution in [0, 0.1) is 6.92 Å². The minimum absolute atomic E-state index is 0.369. The molecular formula is C18H18ClN3O3. The topological polar surface area (TPSA) is 69.4 Å². The van der Waals surface area contributed by atoms with Gasteiger partial charge in [0.1, 0.15) is 11.5 Å². The molecule has 1 N–H and O–H groups in total. The van der Waals surface area contributed by atoms with Crippen molar-refractivity contribution in [3.8, 4) is 23.0 Å². The molecule has 0 aliphatic heterocycles. The van der Waals surface area contributed by atoms with Crippen LogP contribution in [0.2, 0.25) is 5.02 Å². The van der Waals surface area contributed by atoms with Crippen LogP contribution in [-0.2, 0) is 6.54 Å². The summed E-state index contributed by atoms with van der Waals surface area (Å²) in [4.78, 5) is 0. The number of aryl methyl sites for hydroxylation is 1. The van der Waals surface area contributed by atoms with Gasteiger partial charge in [0.25, 0.3) is 0 Å². The number of rotatable bonds is 6. The first-order valence-corrected chi connectivity index (χ1v) is 8.03. The molecule has 0 fully saturated rings. The Morgan fingerprint density at radius 1 is 1.12 bits per heavy atom. The van der Waals surface area contributed by atoms with Gasteiger partial charge in [0, 0.05) is 16.7 Å². The lowest BCUT2D eigenvalue weighted by Crippen LogP contribution is -2.02. The molecule has 25 heavy (non-hydrogen) atoms. The fraction of sp³-hybridized carbons (Fsp3) is 0.222. The zero-order chi connectivity index (χ0) is 17.8. The van der Waals surface area contributed by atoms with Crippen LogP contribution in [-0.4, -0.2) is 24.4 Å². The lowest BCUT2D eigenvalue weighted by atomic mass is 10.2. The fourth-order valence-electron chi connectivity index (χ4n) is 2.34. The van der Waals surface area contributed by atoms with Gasteiger partial charge in [0.05, 0.1) is 26.5 Å². The quantitative estimate of drug-likeness (QED) is 0.706. The Bertz CT molecular complexity index is 880. The molecule has 0 amide bonds. The molecule has 1 heterocycles. The molecule has 6 nitrogen and oxygen atoms in total. The number of nitrogens with zero attached hydrogens (tertiary/aromatic N) is 2.